The number of aromatic nitrogens is 2. The zero-order valence-corrected chi connectivity index (χ0v) is 9.39. The van der Waals surface area contributed by atoms with E-state index in [9.17, 15) is 9.18 Å². The van der Waals surface area contributed by atoms with E-state index >= 15 is 0 Å². The highest BCUT2D eigenvalue weighted by Gasteiger charge is 2.11. The third kappa shape index (κ3) is 2.82. The SMILES string of the molecule is Nc1ccc(C(=O)NCCc2ncno2)c(F)c1. The molecule has 0 aliphatic rings. The predicted molar refractivity (Wildman–Crippen MR) is 61.1 cm³/mol. The Morgan fingerprint density at radius 2 is 2.33 bits per heavy atom. The number of amides is 1. The van der Waals surface area contributed by atoms with Gasteiger partial charge in [0, 0.05) is 18.7 Å². The van der Waals surface area contributed by atoms with Crippen LogP contribution in [-0.4, -0.2) is 22.6 Å². The number of nitrogen functional groups attached to an aromatic ring is 1. The number of carbonyl (C=O) groups excluding carboxylic acids is 1. The molecule has 0 aliphatic carbocycles. The minimum atomic E-state index is -0.648. The summed E-state index contributed by atoms with van der Waals surface area (Å²) in [5.74, 6) is -0.745. The van der Waals surface area contributed by atoms with E-state index in [0.717, 1.165) is 6.07 Å². The Kier molecular flexibility index (Phi) is 3.52. The molecule has 0 bridgehead atoms. The summed E-state index contributed by atoms with van der Waals surface area (Å²) in [5, 5.41) is 5.98. The summed E-state index contributed by atoms with van der Waals surface area (Å²) in [6.45, 7) is 0.283. The largest absolute Gasteiger partial charge is 0.399 e. The molecule has 1 amide bonds. The van der Waals surface area contributed by atoms with Gasteiger partial charge in [0.05, 0.1) is 5.56 Å². The average Bonchev–Trinajstić information content (AvgIpc) is 2.81. The summed E-state index contributed by atoms with van der Waals surface area (Å²) in [7, 11) is 0. The van der Waals surface area contributed by atoms with Gasteiger partial charge in [0.15, 0.2) is 6.33 Å². The lowest BCUT2D eigenvalue weighted by Crippen LogP contribution is -2.26. The van der Waals surface area contributed by atoms with Gasteiger partial charge in [-0.25, -0.2) is 4.39 Å². The van der Waals surface area contributed by atoms with Crippen LogP contribution in [0.25, 0.3) is 0 Å². The van der Waals surface area contributed by atoms with Crippen LogP contribution in [-0.2, 0) is 6.42 Å². The van der Waals surface area contributed by atoms with E-state index in [2.05, 4.69) is 15.5 Å². The summed E-state index contributed by atoms with van der Waals surface area (Å²) < 4.78 is 18.2. The fourth-order valence-corrected chi connectivity index (χ4v) is 1.40. The van der Waals surface area contributed by atoms with Crippen LogP contribution in [0, 0.1) is 5.82 Å². The summed E-state index contributed by atoms with van der Waals surface area (Å²) >= 11 is 0. The molecule has 1 aromatic carbocycles. The van der Waals surface area contributed by atoms with Crippen molar-refractivity contribution in [3.8, 4) is 0 Å². The third-order valence-electron chi connectivity index (χ3n) is 2.27. The van der Waals surface area contributed by atoms with Crippen molar-refractivity contribution in [3.63, 3.8) is 0 Å². The van der Waals surface area contributed by atoms with Gasteiger partial charge in [-0.2, -0.15) is 4.98 Å². The van der Waals surface area contributed by atoms with Crippen molar-refractivity contribution in [2.45, 2.75) is 6.42 Å². The molecule has 94 valence electrons. The van der Waals surface area contributed by atoms with E-state index in [0.29, 0.717) is 12.3 Å². The van der Waals surface area contributed by atoms with Gasteiger partial charge in [-0.05, 0) is 18.2 Å². The fraction of sp³-hybridized carbons (Fsp3) is 0.182. The molecule has 1 aromatic heterocycles. The topological polar surface area (TPSA) is 94.0 Å². The molecule has 0 spiro atoms. The van der Waals surface area contributed by atoms with Crippen molar-refractivity contribution in [2.75, 3.05) is 12.3 Å². The molecule has 7 heteroatoms. The molecule has 0 radical (unpaired) electrons. The van der Waals surface area contributed by atoms with Gasteiger partial charge in [-0.1, -0.05) is 5.16 Å². The van der Waals surface area contributed by atoms with Crippen LogP contribution in [0.1, 0.15) is 16.2 Å². The molecule has 0 saturated carbocycles. The van der Waals surface area contributed by atoms with Crippen molar-refractivity contribution in [3.05, 3.63) is 41.8 Å². The second-order valence-electron chi connectivity index (χ2n) is 3.58. The number of carbonyl (C=O) groups is 1. The van der Waals surface area contributed by atoms with Crippen molar-refractivity contribution in [1.29, 1.82) is 0 Å². The normalized spacial score (nSPS) is 10.3. The van der Waals surface area contributed by atoms with Crippen LogP contribution in [0.3, 0.4) is 0 Å². The van der Waals surface area contributed by atoms with Gasteiger partial charge in [-0.15, -0.1) is 0 Å². The standard InChI is InChI=1S/C11H11FN4O2/c12-9-5-7(13)1-2-8(9)11(17)14-4-3-10-15-6-16-18-10/h1-2,5-6H,3-4,13H2,(H,14,17). The summed E-state index contributed by atoms with van der Waals surface area (Å²) in [6, 6.07) is 3.91. The van der Waals surface area contributed by atoms with E-state index in [1.807, 2.05) is 0 Å². The quantitative estimate of drug-likeness (QED) is 0.781. The monoisotopic (exact) mass is 250 g/mol. The lowest BCUT2D eigenvalue weighted by molar-refractivity contribution is 0.0949. The van der Waals surface area contributed by atoms with Gasteiger partial charge < -0.3 is 15.6 Å². The molecule has 2 rings (SSSR count). The van der Waals surface area contributed by atoms with Crippen molar-refractivity contribution < 1.29 is 13.7 Å². The maximum atomic E-state index is 13.4. The number of hydrogen-bond acceptors (Lipinski definition) is 5. The number of hydrogen-bond donors (Lipinski definition) is 2. The number of anilines is 1. The Morgan fingerprint density at radius 3 is 3.00 bits per heavy atom. The Balaban J connectivity index is 1.91. The molecular weight excluding hydrogens is 239 g/mol. The van der Waals surface area contributed by atoms with E-state index < -0.39 is 11.7 Å². The Hall–Kier alpha value is -2.44. The number of nitrogens with one attached hydrogen (secondary N) is 1. The van der Waals surface area contributed by atoms with Crippen LogP contribution in [0.4, 0.5) is 10.1 Å². The minimum Gasteiger partial charge on any atom is -0.399 e. The summed E-state index contributed by atoms with van der Waals surface area (Å²) in [6.07, 6.45) is 1.67. The molecule has 3 N–H and O–H groups in total. The first-order chi connectivity index (χ1) is 8.66. The second-order valence-corrected chi connectivity index (χ2v) is 3.58. The molecule has 1 heterocycles. The van der Waals surface area contributed by atoms with Crippen molar-refractivity contribution in [1.82, 2.24) is 15.5 Å². The number of nitrogens with two attached hydrogens (primary N) is 1. The lowest BCUT2D eigenvalue weighted by atomic mass is 10.2. The molecule has 0 aliphatic heterocycles. The average molecular weight is 250 g/mol. The zero-order chi connectivity index (χ0) is 13.0. The van der Waals surface area contributed by atoms with Gasteiger partial charge in [0.1, 0.15) is 5.82 Å². The van der Waals surface area contributed by atoms with E-state index in [1.54, 1.807) is 0 Å². The molecule has 0 unspecified atom stereocenters. The highest BCUT2D eigenvalue weighted by molar-refractivity contribution is 5.94. The summed E-state index contributed by atoms with van der Waals surface area (Å²) in [4.78, 5) is 15.4. The Labute approximate surface area is 102 Å². The van der Waals surface area contributed by atoms with E-state index in [-0.39, 0.29) is 17.8 Å². The molecular formula is C11H11FN4O2. The van der Waals surface area contributed by atoms with Crippen LogP contribution in [0.15, 0.2) is 29.0 Å². The Morgan fingerprint density at radius 1 is 1.50 bits per heavy atom. The summed E-state index contributed by atoms with van der Waals surface area (Å²) in [5.41, 5.74) is 5.62. The van der Waals surface area contributed by atoms with Crippen molar-refractivity contribution in [2.24, 2.45) is 0 Å². The molecule has 2 aromatic rings. The van der Waals surface area contributed by atoms with Crippen LogP contribution in [0.2, 0.25) is 0 Å². The third-order valence-corrected chi connectivity index (χ3v) is 2.27. The second kappa shape index (κ2) is 5.26. The number of nitrogens with zero attached hydrogens (tertiary/aromatic N) is 2. The Bertz CT molecular complexity index is 542. The smallest absolute Gasteiger partial charge is 0.254 e. The maximum Gasteiger partial charge on any atom is 0.254 e. The first kappa shape index (κ1) is 12.0. The first-order valence-corrected chi connectivity index (χ1v) is 5.25. The lowest BCUT2D eigenvalue weighted by Gasteiger charge is -2.05. The van der Waals surface area contributed by atoms with Crippen LogP contribution in [0.5, 0.6) is 0 Å². The highest BCUT2D eigenvalue weighted by atomic mass is 19.1. The van der Waals surface area contributed by atoms with E-state index in [1.165, 1.54) is 18.5 Å². The number of benzene rings is 1. The van der Waals surface area contributed by atoms with Gasteiger partial charge in [0.25, 0.3) is 5.91 Å². The first-order valence-electron chi connectivity index (χ1n) is 5.25. The van der Waals surface area contributed by atoms with Crippen LogP contribution >= 0.6 is 0 Å². The molecule has 0 fully saturated rings. The molecule has 6 nitrogen and oxygen atoms in total. The van der Waals surface area contributed by atoms with E-state index in [4.69, 9.17) is 10.3 Å². The van der Waals surface area contributed by atoms with Gasteiger partial charge in [-0.3, -0.25) is 4.79 Å². The zero-order valence-electron chi connectivity index (χ0n) is 9.39. The van der Waals surface area contributed by atoms with Crippen molar-refractivity contribution >= 4 is 11.6 Å². The predicted octanol–water partition coefficient (Wildman–Crippen LogP) is 0.763. The molecule has 18 heavy (non-hydrogen) atoms. The van der Waals surface area contributed by atoms with Gasteiger partial charge >= 0.3 is 0 Å². The molecule has 0 saturated heterocycles. The highest BCUT2D eigenvalue weighted by Crippen LogP contribution is 2.11. The van der Waals surface area contributed by atoms with Gasteiger partial charge in [0.2, 0.25) is 5.89 Å². The van der Waals surface area contributed by atoms with Crippen LogP contribution < -0.4 is 11.1 Å². The number of halogens is 1. The molecule has 0 atom stereocenters. The number of rotatable bonds is 4. The minimum absolute atomic E-state index is 0.0465. The maximum absolute atomic E-state index is 13.4. The fourth-order valence-electron chi connectivity index (χ4n) is 1.40.